The van der Waals surface area contributed by atoms with Crippen molar-refractivity contribution in [2.24, 2.45) is 0 Å². The molecule has 3 rings (SSSR count). The highest BCUT2D eigenvalue weighted by molar-refractivity contribution is 8.00. The minimum Gasteiger partial charge on any atom is -0.474 e. The molecule has 0 spiro atoms. The number of esters is 1. The zero-order valence-electron chi connectivity index (χ0n) is 16.5. The molecule has 1 aliphatic rings. The van der Waals surface area contributed by atoms with E-state index in [0.717, 1.165) is 34.7 Å². The summed E-state index contributed by atoms with van der Waals surface area (Å²) in [5.74, 6) is 0.428. The van der Waals surface area contributed by atoms with E-state index in [1.807, 2.05) is 12.1 Å². The van der Waals surface area contributed by atoms with Gasteiger partial charge in [0.1, 0.15) is 6.10 Å². The van der Waals surface area contributed by atoms with Gasteiger partial charge in [-0.2, -0.15) is 0 Å². The Balaban J connectivity index is 1.65. The maximum atomic E-state index is 11.4. The lowest BCUT2D eigenvalue weighted by Gasteiger charge is -2.15. The van der Waals surface area contributed by atoms with E-state index < -0.39 is 0 Å². The number of pyridine rings is 1. The summed E-state index contributed by atoms with van der Waals surface area (Å²) < 4.78 is 11.1. The molecule has 4 nitrogen and oxygen atoms in total. The summed E-state index contributed by atoms with van der Waals surface area (Å²) in [6, 6.07) is 12.4. The third-order valence-electron chi connectivity index (χ3n) is 4.63. The molecule has 0 aliphatic heterocycles. The number of thioether (sulfide) groups is 1. The number of rotatable bonds is 8. The Hall–Kier alpha value is -2.27. The average Bonchev–Trinajstić information content (AvgIpc) is 3.21. The Kier molecular flexibility index (Phi) is 7.54. The third-order valence-corrected chi connectivity index (χ3v) is 5.70. The van der Waals surface area contributed by atoms with E-state index in [1.165, 1.54) is 18.9 Å². The smallest absolute Gasteiger partial charge is 0.330 e. The van der Waals surface area contributed by atoms with E-state index >= 15 is 0 Å². The van der Waals surface area contributed by atoms with Crippen LogP contribution in [0.25, 0.3) is 11.1 Å². The normalized spacial score (nSPS) is 15.6. The van der Waals surface area contributed by atoms with Gasteiger partial charge < -0.3 is 9.47 Å². The minimum atomic E-state index is -0.295. The van der Waals surface area contributed by atoms with Gasteiger partial charge in [0.2, 0.25) is 5.88 Å². The fourth-order valence-electron chi connectivity index (χ4n) is 3.24. The molecule has 1 atom stereocenters. The monoisotopic (exact) mass is 397 g/mol. The molecule has 0 saturated heterocycles. The lowest BCUT2D eigenvalue weighted by atomic mass is 10.1. The summed E-state index contributed by atoms with van der Waals surface area (Å²) >= 11 is 1.70. The van der Waals surface area contributed by atoms with Gasteiger partial charge in [-0.3, -0.25) is 0 Å². The molecule has 148 valence electrons. The number of aromatic nitrogens is 1. The van der Waals surface area contributed by atoms with E-state index in [-0.39, 0.29) is 17.3 Å². The predicted octanol–water partition coefficient (Wildman–Crippen LogP) is 5.67. The Morgan fingerprint density at radius 2 is 2.00 bits per heavy atom. The van der Waals surface area contributed by atoms with Crippen molar-refractivity contribution in [3.63, 3.8) is 0 Å². The molecule has 0 bridgehead atoms. The largest absolute Gasteiger partial charge is 0.474 e. The quantitative estimate of drug-likeness (QED) is 0.326. The van der Waals surface area contributed by atoms with Crippen LogP contribution in [0, 0.1) is 0 Å². The highest BCUT2D eigenvalue weighted by Crippen LogP contribution is 2.33. The van der Waals surface area contributed by atoms with Crippen molar-refractivity contribution in [3.05, 3.63) is 54.7 Å². The average molecular weight is 398 g/mol. The molecule has 1 unspecified atom stereocenters. The maximum absolute atomic E-state index is 11.4. The molecular formula is C23H27NO3S. The number of benzene rings is 1. The predicted molar refractivity (Wildman–Crippen MR) is 114 cm³/mol. The minimum absolute atomic E-state index is 0.176. The molecule has 1 heterocycles. The first-order valence-electron chi connectivity index (χ1n) is 9.89. The van der Waals surface area contributed by atoms with Gasteiger partial charge in [0.15, 0.2) is 0 Å². The molecule has 0 radical (unpaired) electrons. The number of hydrogen-bond donors (Lipinski definition) is 0. The summed E-state index contributed by atoms with van der Waals surface area (Å²) in [6.07, 6.45) is 10.1. The molecule has 28 heavy (non-hydrogen) atoms. The summed E-state index contributed by atoms with van der Waals surface area (Å²) in [6.45, 7) is 4.26. The highest BCUT2D eigenvalue weighted by Gasteiger charge is 2.19. The van der Waals surface area contributed by atoms with Crippen LogP contribution < -0.4 is 4.74 Å². The van der Waals surface area contributed by atoms with Crippen LogP contribution in [0.3, 0.4) is 0 Å². The molecule has 1 fully saturated rings. The Labute approximate surface area is 171 Å². The first-order chi connectivity index (χ1) is 13.7. The molecule has 1 aromatic carbocycles. The van der Waals surface area contributed by atoms with Crippen LogP contribution in [0.5, 0.6) is 5.88 Å². The van der Waals surface area contributed by atoms with Gasteiger partial charge in [-0.1, -0.05) is 18.2 Å². The Morgan fingerprint density at radius 1 is 1.25 bits per heavy atom. The van der Waals surface area contributed by atoms with Crippen molar-refractivity contribution in [2.75, 3.05) is 6.61 Å². The van der Waals surface area contributed by atoms with Crippen molar-refractivity contribution < 1.29 is 14.3 Å². The molecular weight excluding hydrogens is 370 g/mol. The van der Waals surface area contributed by atoms with Crippen molar-refractivity contribution in [2.45, 2.75) is 55.8 Å². The van der Waals surface area contributed by atoms with Crippen molar-refractivity contribution in [1.82, 2.24) is 4.98 Å². The molecule has 0 N–H and O–H groups in total. The first-order valence-corrected chi connectivity index (χ1v) is 10.8. The Bertz CT molecular complexity index is 798. The zero-order chi connectivity index (χ0) is 19.8. The maximum Gasteiger partial charge on any atom is 0.330 e. The van der Waals surface area contributed by atoms with Gasteiger partial charge >= 0.3 is 5.97 Å². The molecule has 0 amide bonds. The van der Waals surface area contributed by atoms with Crippen LogP contribution in [-0.2, 0) is 9.53 Å². The first kappa shape index (κ1) is 20.5. The molecule has 1 aromatic heterocycles. The van der Waals surface area contributed by atoms with Crippen molar-refractivity contribution in [3.8, 4) is 17.0 Å². The number of hydrogen-bond acceptors (Lipinski definition) is 5. The van der Waals surface area contributed by atoms with Crippen molar-refractivity contribution in [1.29, 1.82) is 0 Å². The lowest BCUT2D eigenvalue weighted by Crippen LogP contribution is -2.12. The second kappa shape index (κ2) is 10.3. The molecule has 5 heteroatoms. The fraction of sp³-hybridized carbons (Fsp3) is 0.391. The van der Waals surface area contributed by atoms with Crippen LogP contribution in [-0.4, -0.2) is 28.9 Å². The summed E-state index contributed by atoms with van der Waals surface area (Å²) in [7, 11) is 0. The van der Waals surface area contributed by atoms with Gasteiger partial charge in [0.25, 0.3) is 0 Å². The summed E-state index contributed by atoms with van der Waals surface area (Å²) in [5.41, 5.74) is 2.13. The standard InChI is InChI=1S/C23H27NO3S/c1-3-26-22(25)15-10-17(2)28-20-13-11-18(12-14-20)21-9-6-16-24-23(21)27-19-7-4-5-8-19/h6,9-17,19H,3-5,7-8H2,1-2H3/b15-10+. The summed E-state index contributed by atoms with van der Waals surface area (Å²) in [4.78, 5) is 17.0. The SMILES string of the molecule is CCOC(=O)/C=C/C(C)Sc1ccc(-c2cccnc2OC2CCCC2)cc1. The molecule has 1 saturated carbocycles. The van der Waals surface area contributed by atoms with Crippen LogP contribution in [0.15, 0.2) is 59.6 Å². The van der Waals surface area contributed by atoms with Crippen LogP contribution in [0.2, 0.25) is 0 Å². The number of carbonyl (C=O) groups excluding carboxylic acids is 1. The van der Waals surface area contributed by atoms with Crippen LogP contribution in [0.1, 0.15) is 39.5 Å². The van der Waals surface area contributed by atoms with E-state index in [9.17, 15) is 4.79 Å². The number of carbonyl (C=O) groups is 1. The number of nitrogens with zero attached hydrogens (tertiary/aromatic N) is 1. The van der Waals surface area contributed by atoms with Gasteiger partial charge in [-0.05, 0) is 69.4 Å². The number of ether oxygens (including phenoxy) is 2. The van der Waals surface area contributed by atoms with Gasteiger partial charge in [-0.15, -0.1) is 11.8 Å². The van der Waals surface area contributed by atoms with E-state index in [2.05, 4.69) is 42.2 Å². The van der Waals surface area contributed by atoms with E-state index in [4.69, 9.17) is 9.47 Å². The van der Waals surface area contributed by atoms with Crippen molar-refractivity contribution >= 4 is 17.7 Å². The van der Waals surface area contributed by atoms with Crippen LogP contribution in [0.4, 0.5) is 0 Å². The van der Waals surface area contributed by atoms with Gasteiger partial charge in [-0.25, -0.2) is 9.78 Å². The van der Waals surface area contributed by atoms with E-state index in [0.29, 0.717) is 6.61 Å². The second-order valence-electron chi connectivity index (χ2n) is 6.84. The molecule has 1 aliphatic carbocycles. The fourth-order valence-corrected chi connectivity index (χ4v) is 4.12. The van der Waals surface area contributed by atoms with Gasteiger partial charge in [0, 0.05) is 28.0 Å². The topological polar surface area (TPSA) is 48.4 Å². The lowest BCUT2D eigenvalue weighted by molar-refractivity contribution is -0.137. The zero-order valence-corrected chi connectivity index (χ0v) is 17.3. The highest BCUT2D eigenvalue weighted by atomic mass is 32.2. The summed E-state index contributed by atoms with van der Waals surface area (Å²) in [5, 5.41) is 0.176. The molecule has 2 aromatic rings. The Morgan fingerprint density at radius 3 is 2.71 bits per heavy atom. The second-order valence-corrected chi connectivity index (χ2v) is 8.29. The van der Waals surface area contributed by atoms with Crippen LogP contribution >= 0.6 is 11.8 Å². The van der Waals surface area contributed by atoms with Gasteiger partial charge in [0.05, 0.1) is 6.61 Å². The van der Waals surface area contributed by atoms with E-state index in [1.54, 1.807) is 24.9 Å². The third kappa shape index (κ3) is 5.86.